The average molecular weight is 407 g/mol. The molecule has 0 spiro atoms. The number of pyridine rings is 1. The molecule has 1 aromatic carbocycles. The van der Waals surface area contributed by atoms with Crippen molar-refractivity contribution in [3.63, 3.8) is 0 Å². The molecular weight excluding hydrogens is 392 g/mol. The van der Waals surface area contributed by atoms with Gasteiger partial charge < -0.3 is 0 Å². The molecule has 0 bridgehead atoms. The minimum Gasteiger partial charge on any atom is -0.271 e. The second-order valence-electron chi connectivity index (χ2n) is 5.14. The van der Waals surface area contributed by atoms with Crippen molar-refractivity contribution >= 4 is 26.0 Å². The zero-order valence-electron chi connectivity index (χ0n) is 12.8. The van der Waals surface area contributed by atoms with E-state index in [2.05, 4.69) is 30.7 Å². The maximum atomic E-state index is 12.4. The van der Waals surface area contributed by atoms with Crippen LogP contribution in [-0.4, -0.2) is 23.2 Å². The fourth-order valence-electron chi connectivity index (χ4n) is 2.24. The number of benzene rings is 1. The number of nitrogens with zero attached hydrogens (tertiary/aromatic N) is 3. The SMILES string of the molecule is Cn1nc(-c2cccnc2)cc1CNS(=O)(=O)c1ccccc1Br. The van der Waals surface area contributed by atoms with Crippen molar-refractivity contribution < 1.29 is 8.42 Å². The lowest BCUT2D eigenvalue weighted by Crippen LogP contribution is -2.24. The first-order valence-corrected chi connectivity index (χ1v) is 9.42. The van der Waals surface area contributed by atoms with E-state index in [-0.39, 0.29) is 11.4 Å². The van der Waals surface area contributed by atoms with Gasteiger partial charge in [0.2, 0.25) is 10.0 Å². The molecule has 0 saturated carbocycles. The molecule has 0 aliphatic rings. The normalized spacial score (nSPS) is 11.6. The van der Waals surface area contributed by atoms with Gasteiger partial charge in [-0.3, -0.25) is 9.67 Å². The Labute approximate surface area is 148 Å². The number of halogens is 1. The van der Waals surface area contributed by atoms with Gasteiger partial charge in [0.15, 0.2) is 0 Å². The van der Waals surface area contributed by atoms with E-state index in [9.17, 15) is 8.42 Å². The van der Waals surface area contributed by atoms with Crippen LogP contribution >= 0.6 is 15.9 Å². The Hall–Kier alpha value is -2.03. The first-order chi connectivity index (χ1) is 11.5. The molecule has 0 atom stereocenters. The van der Waals surface area contributed by atoms with Crippen LogP contribution in [0.5, 0.6) is 0 Å². The van der Waals surface area contributed by atoms with Gasteiger partial charge in [-0.25, -0.2) is 13.1 Å². The Balaban J connectivity index is 1.80. The van der Waals surface area contributed by atoms with Gasteiger partial charge in [-0.05, 0) is 46.3 Å². The predicted molar refractivity (Wildman–Crippen MR) is 94.6 cm³/mol. The monoisotopic (exact) mass is 406 g/mol. The number of nitrogens with one attached hydrogen (secondary N) is 1. The van der Waals surface area contributed by atoms with Crippen LogP contribution in [0.1, 0.15) is 5.69 Å². The molecule has 0 fully saturated rings. The number of hydrogen-bond acceptors (Lipinski definition) is 4. The smallest absolute Gasteiger partial charge is 0.242 e. The van der Waals surface area contributed by atoms with Crippen LogP contribution in [0.15, 0.2) is 64.2 Å². The molecule has 124 valence electrons. The summed E-state index contributed by atoms with van der Waals surface area (Å²) < 4.78 is 29.7. The number of aryl methyl sites for hydroxylation is 1. The summed E-state index contributed by atoms with van der Waals surface area (Å²) >= 11 is 3.26. The Morgan fingerprint density at radius 3 is 2.71 bits per heavy atom. The summed E-state index contributed by atoms with van der Waals surface area (Å²) in [5, 5.41) is 4.40. The van der Waals surface area contributed by atoms with E-state index < -0.39 is 10.0 Å². The predicted octanol–water partition coefficient (Wildman–Crippen LogP) is 2.72. The minimum atomic E-state index is -3.61. The molecule has 8 heteroatoms. The second-order valence-corrected chi connectivity index (χ2v) is 7.73. The summed E-state index contributed by atoms with van der Waals surface area (Å²) in [6, 6.07) is 12.3. The third kappa shape index (κ3) is 3.55. The molecular formula is C16H15BrN4O2S. The molecule has 0 radical (unpaired) electrons. The molecule has 2 heterocycles. The summed E-state index contributed by atoms with van der Waals surface area (Å²) in [7, 11) is -1.83. The number of rotatable bonds is 5. The fraction of sp³-hybridized carbons (Fsp3) is 0.125. The molecule has 6 nitrogen and oxygen atoms in total. The van der Waals surface area contributed by atoms with Gasteiger partial charge >= 0.3 is 0 Å². The quantitative estimate of drug-likeness (QED) is 0.706. The van der Waals surface area contributed by atoms with Crippen molar-refractivity contribution in [3.8, 4) is 11.3 Å². The lowest BCUT2D eigenvalue weighted by molar-refractivity contribution is 0.576. The van der Waals surface area contributed by atoms with Gasteiger partial charge in [-0.15, -0.1) is 0 Å². The summed E-state index contributed by atoms with van der Waals surface area (Å²) in [5.41, 5.74) is 2.39. The van der Waals surface area contributed by atoms with Gasteiger partial charge in [-0.2, -0.15) is 5.10 Å². The molecule has 0 aliphatic heterocycles. The molecule has 0 aliphatic carbocycles. The highest BCUT2D eigenvalue weighted by atomic mass is 79.9. The van der Waals surface area contributed by atoms with Crippen LogP contribution in [-0.2, 0) is 23.6 Å². The largest absolute Gasteiger partial charge is 0.271 e. The van der Waals surface area contributed by atoms with Crippen molar-refractivity contribution in [3.05, 3.63) is 65.0 Å². The highest BCUT2D eigenvalue weighted by Gasteiger charge is 2.18. The topological polar surface area (TPSA) is 76.9 Å². The summed E-state index contributed by atoms with van der Waals surface area (Å²) in [4.78, 5) is 4.28. The van der Waals surface area contributed by atoms with E-state index in [0.29, 0.717) is 4.47 Å². The van der Waals surface area contributed by atoms with Crippen LogP contribution < -0.4 is 4.72 Å². The van der Waals surface area contributed by atoms with Crippen LogP contribution in [0.4, 0.5) is 0 Å². The molecule has 2 aromatic heterocycles. The Kier molecular flexibility index (Phi) is 4.79. The highest BCUT2D eigenvalue weighted by Crippen LogP contribution is 2.22. The molecule has 3 rings (SSSR count). The maximum Gasteiger partial charge on any atom is 0.242 e. The number of aromatic nitrogens is 3. The van der Waals surface area contributed by atoms with Crippen LogP contribution in [0.2, 0.25) is 0 Å². The first-order valence-electron chi connectivity index (χ1n) is 7.15. The molecule has 3 aromatic rings. The first kappa shape index (κ1) is 16.8. The second kappa shape index (κ2) is 6.84. The third-order valence-electron chi connectivity index (χ3n) is 3.50. The van der Waals surface area contributed by atoms with Crippen LogP contribution in [0, 0.1) is 0 Å². The average Bonchev–Trinajstić information content (AvgIpc) is 2.95. The van der Waals surface area contributed by atoms with Crippen molar-refractivity contribution in [1.29, 1.82) is 0 Å². The van der Waals surface area contributed by atoms with Gasteiger partial charge in [0.1, 0.15) is 0 Å². The summed E-state index contributed by atoms with van der Waals surface area (Å²) in [6.45, 7) is 0.146. The van der Waals surface area contributed by atoms with E-state index in [4.69, 9.17) is 0 Å². The lowest BCUT2D eigenvalue weighted by atomic mass is 10.2. The molecule has 0 amide bonds. The van der Waals surface area contributed by atoms with E-state index in [1.54, 1.807) is 48.4 Å². The Bertz CT molecular complexity index is 955. The van der Waals surface area contributed by atoms with Gasteiger partial charge in [-0.1, -0.05) is 12.1 Å². The van der Waals surface area contributed by atoms with E-state index in [1.807, 2.05) is 18.2 Å². The third-order valence-corrected chi connectivity index (χ3v) is 5.92. The standard InChI is InChI=1S/C16H15BrN4O2S/c1-21-13(9-15(20-21)12-5-4-8-18-10-12)11-19-24(22,23)16-7-3-2-6-14(16)17/h2-10,19H,11H2,1H3. The molecule has 0 saturated heterocycles. The van der Waals surface area contributed by atoms with Crippen LogP contribution in [0.3, 0.4) is 0 Å². The van der Waals surface area contributed by atoms with Crippen molar-refractivity contribution in [2.24, 2.45) is 7.05 Å². The minimum absolute atomic E-state index is 0.146. The van der Waals surface area contributed by atoms with Gasteiger partial charge in [0.25, 0.3) is 0 Å². The van der Waals surface area contributed by atoms with E-state index in [0.717, 1.165) is 17.0 Å². The maximum absolute atomic E-state index is 12.4. The van der Waals surface area contributed by atoms with E-state index >= 15 is 0 Å². The zero-order chi connectivity index (χ0) is 17.2. The van der Waals surface area contributed by atoms with Crippen molar-refractivity contribution in [2.75, 3.05) is 0 Å². The molecule has 1 N–H and O–H groups in total. The summed E-state index contributed by atoms with van der Waals surface area (Å²) in [5.74, 6) is 0. The number of hydrogen-bond donors (Lipinski definition) is 1. The molecule has 0 unspecified atom stereocenters. The number of sulfonamides is 1. The van der Waals surface area contributed by atoms with Crippen molar-refractivity contribution in [1.82, 2.24) is 19.5 Å². The fourth-order valence-corrected chi connectivity index (χ4v) is 4.24. The van der Waals surface area contributed by atoms with Gasteiger partial charge in [0.05, 0.1) is 22.8 Å². The molecule has 24 heavy (non-hydrogen) atoms. The summed E-state index contributed by atoms with van der Waals surface area (Å²) in [6.07, 6.45) is 3.41. The Morgan fingerprint density at radius 2 is 2.00 bits per heavy atom. The highest BCUT2D eigenvalue weighted by molar-refractivity contribution is 9.10. The lowest BCUT2D eigenvalue weighted by Gasteiger charge is -2.08. The zero-order valence-corrected chi connectivity index (χ0v) is 15.3. The van der Waals surface area contributed by atoms with Crippen LogP contribution in [0.25, 0.3) is 11.3 Å². The Morgan fingerprint density at radius 1 is 1.21 bits per heavy atom. The van der Waals surface area contributed by atoms with Gasteiger partial charge in [0, 0.05) is 29.5 Å². The van der Waals surface area contributed by atoms with E-state index in [1.165, 1.54) is 0 Å². The van der Waals surface area contributed by atoms with Crippen molar-refractivity contribution in [2.45, 2.75) is 11.4 Å².